The highest BCUT2D eigenvalue weighted by Crippen LogP contribution is 2.38. The van der Waals surface area contributed by atoms with Gasteiger partial charge in [0.1, 0.15) is 0 Å². The SMILES string of the molecule is N#Cc1ccc(N2CCCCC2)c(C(F)(F)F)c1. The van der Waals surface area contributed by atoms with E-state index in [1.807, 2.05) is 0 Å². The van der Waals surface area contributed by atoms with E-state index in [1.165, 1.54) is 12.1 Å². The third kappa shape index (κ3) is 2.58. The van der Waals surface area contributed by atoms with Gasteiger partial charge >= 0.3 is 6.18 Å². The number of rotatable bonds is 1. The highest BCUT2D eigenvalue weighted by atomic mass is 19.4. The summed E-state index contributed by atoms with van der Waals surface area (Å²) in [6.07, 6.45) is -1.53. The van der Waals surface area contributed by atoms with E-state index in [2.05, 4.69) is 0 Å². The van der Waals surface area contributed by atoms with Crippen molar-refractivity contribution in [2.45, 2.75) is 25.4 Å². The third-order valence-electron chi connectivity index (χ3n) is 3.13. The first kappa shape index (κ1) is 12.7. The van der Waals surface area contributed by atoms with Crippen LogP contribution in [0, 0.1) is 11.3 Å². The summed E-state index contributed by atoms with van der Waals surface area (Å²) in [5.41, 5.74) is -0.465. The van der Waals surface area contributed by atoms with Crippen molar-refractivity contribution < 1.29 is 13.2 Å². The van der Waals surface area contributed by atoms with E-state index in [-0.39, 0.29) is 11.3 Å². The molecule has 1 saturated heterocycles. The van der Waals surface area contributed by atoms with Crippen molar-refractivity contribution in [1.29, 1.82) is 5.26 Å². The lowest BCUT2D eigenvalue weighted by Crippen LogP contribution is -2.31. The summed E-state index contributed by atoms with van der Waals surface area (Å²) in [6.45, 7) is 1.30. The number of hydrogen-bond donors (Lipinski definition) is 0. The number of halogens is 3. The first-order valence-corrected chi connectivity index (χ1v) is 5.88. The van der Waals surface area contributed by atoms with Crippen molar-refractivity contribution in [1.82, 2.24) is 0 Å². The molecule has 0 atom stereocenters. The fraction of sp³-hybridized carbons (Fsp3) is 0.462. The van der Waals surface area contributed by atoms with Crippen LogP contribution in [-0.4, -0.2) is 13.1 Å². The average molecular weight is 254 g/mol. The Morgan fingerprint density at radius 1 is 1.11 bits per heavy atom. The number of anilines is 1. The molecule has 0 spiro atoms. The molecule has 1 fully saturated rings. The quantitative estimate of drug-likeness (QED) is 0.766. The van der Waals surface area contributed by atoms with E-state index in [0.717, 1.165) is 25.3 Å². The molecule has 18 heavy (non-hydrogen) atoms. The van der Waals surface area contributed by atoms with Gasteiger partial charge in [-0.2, -0.15) is 18.4 Å². The van der Waals surface area contributed by atoms with E-state index in [1.54, 1.807) is 11.0 Å². The standard InChI is InChI=1S/C13H13F3N2/c14-13(15,16)11-8-10(9-17)4-5-12(11)18-6-2-1-3-7-18/h4-5,8H,1-3,6-7H2. The van der Waals surface area contributed by atoms with Crippen molar-refractivity contribution >= 4 is 5.69 Å². The summed E-state index contributed by atoms with van der Waals surface area (Å²) in [5, 5.41) is 8.70. The Bertz CT molecular complexity index is 468. The second kappa shape index (κ2) is 4.89. The number of hydrogen-bond acceptors (Lipinski definition) is 2. The predicted octanol–water partition coefficient (Wildman–Crippen LogP) is 3.57. The molecule has 0 radical (unpaired) electrons. The molecule has 96 valence electrons. The molecule has 5 heteroatoms. The van der Waals surface area contributed by atoms with Gasteiger partial charge in [0.15, 0.2) is 0 Å². The van der Waals surface area contributed by atoms with Crippen molar-refractivity contribution in [2.75, 3.05) is 18.0 Å². The van der Waals surface area contributed by atoms with Gasteiger partial charge in [0, 0.05) is 18.8 Å². The minimum absolute atomic E-state index is 0.0445. The molecule has 2 rings (SSSR count). The number of nitriles is 1. The van der Waals surface area contributed by atoms with Crippen LogP contribution in [0.5, 0.6) is 0 Å². The molecule has 1 aliphatic heterocycles. The summed E-state index contributed by atoms with van der Waals surface area (Å²) in [5.74, 6) is 0. The maximum absolute atomic E-state index is 13.0. The molecule has 1 heterocycles. The molecule has 1 aromatic rings. The molecule has 0 aromatic heterocycles. The van der Waals surface area contributed by atoms with Crippen LogP contribution in [0.25, 0.3) is 0 Å². The molecular weight excluding hydrogens is 241 g/mol. The summed E-state index contributed by atoms with van der Waals surface area (Å²) in [4.78, 5) is 1.76. The molecule has 0 amide bonds. The minimum Gasteiger partial charge on any atom is -0.371 e. The second-order valence-corrected chi connectivity index (χ2v) is 4.39. The Morgan fingerprint density at radius 3 is 2.33 bits per heavy atom. The van der Waals surface area contributed by atoms with Gasteiger partial charge in [-0.15, -0.1) is 0 Å². The first-order chi connectivity index (χ1) is 8.52. The van der Waals surface area contributed by atoms with Crippen molar-refractivity contribution in [3.05, 3.63) is 29.3 Å². The maximum Gasteiger partial charge on any atom is 0.418 e. The summed E-state index contributed by atoms with van der Waals surface area (Å²) >= 11 is 0. The second-order valence-electron chi connectivity index (χ2n) is 4.39. The molecule has 0 aliphatic carbocycles. The molecular formula is C13H13F3N2. The summed E-state index contributed by atoms with van der Waals surface area (Å²) < 4.78 is 39.0. The third-order valence-corrected chi connectivity index (χ3v) is 3.13. The minimum atomic E-state index is -4.42. The van der Waals surface area contributed by atoms with Crippen LogP contribution < -0.4 is 4.90 Å². The monoisotopic (exact) mass is 254 g/mol. The largest absolute Gasteiger partial charge is 0.418 e. The van der Waals surface area contributed by atoms with Gasteiger partial charge in [-0.3, -0.25) is 0 Å². The van der Waals surface area contributed by atoms with Gasteiger partial charge in [0.25, 0.3) is 0 Å². The molecule has 2 nitrogen and oxygen atoms in total. The van der Waals surface area contributed by atoms with Gasteiger partial charge in [0.05, 0.1) is 17.2 Å². The van der Waals surface area contributed by atoms with Crippen LogP contribution in [-0.2, 0) is 6.18 Å². The zero-order chi connectivity index (χ0) is 13.2. The molecule has 1 aromatic carbocycles. The van der Waals surface area contributed by atoms with Crippen LogP contribution in [0.2, 0.25) is 0 Å². The van der Waals surface area contributed by atoms with E-state index >= 15 is 0 Å². The Kier molecular flexibility index (Phi) is 3.46. The van der Waals surface area contributed by atoms with Gasteiger partial charge in [-0.1, -0.05) is 0 Å². The predicted molar refractivity (Wildman–Crippen MR) is 62.2 cm³/mol. The van der Waals surface area contributed by atoms with Gasteiger partial charge in [0.2, 0.25) is 0 Å². The van der Waals surface area contributed by atoms with Gasteiger partial charge in [-0.25, -0.2) is 0 Å². The lowest BCUT2D eigenvalue weighted by molar-refractivity contribution is -0.137. The van der Waals surface area contributed by atoms with Crippen LogP contribution in [0.15, 0.2) is 18.2 Å². The van der Waals surface area contributed by atoms with Gasteiger partial charge < -0.3 is 4.90 Å². The van der Waals surface area contributed by atoms with Gasteiger partial charge in [-0.05, 0) is 37.5 Å². The molecule has 0 bridgehead atoms. The number of piperidine rings is 1. The van der Waals surface area contributed by atoms with E-state index in [0.29, 0.717) is 13.1 Å². The smallest absolute Gasteiger partial charge is 0.371 e. The molecule has 0 N–H and O–H groups in total. The summed E-state index contributed by atoms with van der Waals surface area (Å²) in [7, 11) is 0. The van der Waals surface area contributed by atoms with E-state index < -0.39 is 11.7 Å². The van der Waals surface area contributed by atoms with Crippen LogP contribution in [0.1, 0.15) is 30.4 Å². The topological polar surface area (TPSA) is 27.0 Å². The number of alkyl halides is 3. The van der Waals surface area contributed by atoms with E-state index in [4.69, 9.17) is 5.26 Å². The highest BCUT2D eigenvalue weighted by molar-refractivity contribution is 5.58. The Labute approximate surface area is 104 Å². The fourth-order valence-corrected chi connectivity index (χ4v) is 2.24. The first-order valence-electron chi connectivity index (χ1n) is 5.88. The molecule has 0 saturated carbocycles. The van der Waals surface area contributed by atoms with Crippen LogP contribution in [0.3, 0.4) is 0 Å². The zero-order valence-corrected chi connectivity index (χ0v) is 9.80. The van der Waals surface area contributed by atoms with Crippen molar-refractivity contribution in [2.24, 2.45) is 0 Å². The van der Waals surface area contributed by atoms with E-state index in [9.17, 15) is 13.2 Å². The van der Waals surface area contributed by atoms with Crippen molar-refractivity contribution in [3.63, 3.8) is 0 Å². The molecule has 1 aliphatic rings. The van der Waals surface area contributed by atoms with Crippen LogP contribution in [0.4, 0.5) is 18.9 Å². The van der Waals surface area contributed by atoms with Crippen LogP contribution >= 0.6 is 0 Å². The zero-order valence-electron chi connectivity index (χ0n) is 9.80. The lowest BCUT2D eigenvalue weighted by atomic mass is 10.0. The number of nitrogens with zero attached hydrogens (tertiary/aromatic N) is 2. The lowest BCUT2D eigenvalue weighted by Gasteiger charge is -2.31. The normalized spacial score (nSPS) is 16.4. The average Bonchev–Trinajstić information content (AvgIpc) is 2.38. The Balaban J connectivity index is 2.42. The van der Waals surface area contributed by atoms with Crippen molar-refractivity contribution in [3.8, 4) is 6.07 Å². The summed E-state index contributed by atoms with van der Waals surface area (Å²) in [6, 6.07) is 5.54. The maximum atomic E-state index is 13.0. The Hall–Kier alpha value is -1.70. The molecule has 0 unspecified atom stereocenters. The highest BCUT2D eigenvalue weighted by Gasteiger charge is 2.35. The Morgan fingerprint density at radius 2 is 1.78 bits per heavy atom. The number of benzene rings is 1. The fourth-order valence-electron chi connectivity index (χ4n) is 2.24.